The van der Waals surface area contributed by atoms with Crippen molar-refractivity contribution < 1.29 is 14.3 Å². The Morgan fingerprint density at radius 3 is 2.43 bits per heavy atom. The van der Waals surface area contributed by atoms with Crippen LogP contribution in [0, 0.1) is 0 Å². The van der Waals surface area contributed by atoms with E-state index in [2.05, 4.69) is 21.2 Å². The summed E-state index contributed by atoms with van der Waals surface area (Å²) < 4.78 is 13.7. The first-order valence-corrected chi connectivity index (χ1v) is 13.1. The predicted octanol–water partition coefficient (Wildman–Crippen LogP) is 6.20. The number of ether oxygens (including phenoxy) is 2. The fourth-order valence-electron chi connectivity index (χ4n) is 4.71. The van der Waals surface area contributed by atoms with Crippen LogP contribution in [0.1, 0.15) is 35.4 Å². The van der Waals surface area contributed by atoms with E-state index in [0.717, 1.165) is 22.0 Å². The molecule has 4 aromatic rings. The number of nitrogens with zero attached hydrogens (tertiary/aromatic N) is 1. The number of halogens is 1. The SMILES string of the molecule is CCCNC(=O)c1c(-c2ccccc2)c2cc(Br)ccc2c(=O)n1C(Cc1ccccc1)C1=COCO1. The third-order valence-electron chi connectivity index (χ3n) is 6.40. The molecule has 0 aliphatic carbocycles. The zero-order valence-electron chi connectivity index (χ0n) is 20.4. The number of carbonyl (C=O) groups excluding carboxylic acids is 1. The summed E-state index contributed by atoms with van der Waals surface area (Å²) in [6.45, 7) is 2.55. The Hall–Kier alpha value is -3.84. The molecular weight excluding hydrogens is 532 g/mol. The molecule has 1 aliphatic heterocycles. The van der Waals surface area contributed by atoms with E-state index in [1.807, 2.05) is 79.7 Å². The van der Waals surface area contributed by atoms with E-state index in [-0.39, 0.29) is 18.3 Å². The first-order valence-electron chi connectivity index (χ1n) is 12.3. The van der Waals surface area contributed by atoms with Crippen LogP contribution in [-0.4, -0.2) is 23.8 Å². The van der Waals surface area contributed by atoms with Gasteiger partial charge in [0.2, 0.25) is 6.79 Å². The van der Waals surface area contributed by atoms with E-state index in [1.54, 1.807) is 16.9 Å². The highest BCUT2D eigenvalue weighted by Crippen LogP contribution is 2.36. The van der Waals surface area contributed by atoms with Gasteiger partial charge >= 0.3 is 0 Å². The average molecular weight is 559 g/mol. The van der Waals surface area contributed by atoms with Crippen LogP contribution in [0.25, 0.3) is 21.9 Å². The molecule has 7 heteroatoms. The Morgan fingerprint density at radius 2 is 1.76 bits per heavy atom. The predicted molar refractivity (Wildman–Crippen MR) is 148 cm³/mol. The summed E-state index contributed by atoms with van der Waals surface area (Å²) >= 11 is 3.56. The summed E-state index contributed by atoms with van der Waals surface area (Å²) in [6, 6.07) is 24.5. The van der Waals surface area contributed by atoms with Gasteiger partial charge in [-0.15, -0.1) is 0 Å². The molecule has 3 aromatic carbocycles. The fraction of sp³-hybridized carbons (Fsp3) is 0.200. The zero-order valence-corrected chi connectivity index (χ0v) is 22.0. The highest BCUT2D eigenvalue weighted by molar-refractivity contribution is 9.10. The summed E-state index contributed by atoms with van der Waals surface area (Å²) in [6.07, 6.45) is 2.76. The molecule has 0 spiro atoms. The van der Waals surface area contributed by atoms with Crippen LogP contribution in [0.5, 0.6) is 0 Å². The Labute approximate surface area is 223 Å². The summed E-state index contributed by atoms with van der Waals surface area (Å²) in [7, 11) is 0. The maximum absolute atomic E-state index is 14.3. The molecule has 0 saturated heterocycles. The molecule has 1 amide bonds. The van der Waals surface area contributed by atoms with Gasteiger partial charge in [0, 0.05) is 28.4 Å². The lowest BCUT2D eigenvalue weighted by molar-refractivity contribution is 0.0705. The van der Waals surface area contributed by atoms with Gasteiger partial charge < -0.3 is 14.8 Å². The third kappa shape index (κ3) is 5.04. The standard InChI is InChI=1S/C30H27BrN2O4/c1-2-15-32-29(34)28-27(21-11-7-4-8-12-21)24-17-22(31)13-14-23(24)30(35)33(28)25(26-18-36-19-37-26)16-20-9-5-3-6-10-20/h3-14,17-18,25H,2,15-16,19H2,1H3,(H,32,34). The van der Waals surface area contributed by atoms with Crippen LogP contribution in [-0.2, 0) is 15.9 Å². The van der Waals surface area contributed by atoms with Gasteiger partial charge in [0.1, 0.15) is 18.0 Å². The first kappa shape index (κ1) is 24.8. The van der Waals surface area contributed by atoms with Crippen molar-refractivity contribution in [2.75, 3.05) is 13.3 Å². The number of hydrogen-bond donors (Lipinski definition) is 1. The number of benzene rings is 3. The Morgan fingerprint density at radius 1 is 1.03 bits per heavy atom. The normalized spacial score (nSPS) is 13.5. The van der Waals surface area contributed by atoms with Crippen LogP contribution in [0.4, 0.5) is 0 Å². The van der Waals surface area contributed by atoms with Gasteiger partial charge in [-0.2, -0.15) is 0 Å². The van der Waals surface area contributed by atoms with Crippen LogP contribution < -0.4 is 10.9 Å². The number of amides is 1. The van der Waals surface area contributed by atoms with Gasteiger partial charge in [-0.25, -0.2) is 0 Å². The van der Waals surface area contributed by atoms with E-state index in [1.165, 1.54) is 0 Å². The van der Waals surface area contributed by atoms with Gasteiger partial charge in [0.15, 0.2) is 5.76 Å². The smallest absolute Gasteiger partial charge is 0.268 e. The summed E-state index contributed by atoms with van der Waals surface area (Å²) in [5.74, 6) is 0.197. The number of hydrogen-bond acceptors (Lipinski definition) is 4. The molecule has 0 radical (unpaired) electrons. The number of carbonyl (C=O) groups is 1. The minimum absolute atomic E-state index is 0.0683. The van der Waals surface area contributed by atoms with Crippen LogP contribution in [0.3, 0.4) is 0 Å². The fourth-order valence-corrected chi connectivity index (χ4v) is 5.07. The Kier molecular flexibility index (Phi) is 7.42. The minimum Gasteiger partial charge on any atom is -0.462 e. The van der Waals surface area contributed by atoms with Crippen molar-refractivity contribution in [3.63, 3.8) is 0 Å². The van der Waals surface area contributed by atoms with Crippen molar-refractivity contribution in [2.24, 2.45) is 0 Å². The molecule has 0 saturated carbocycles. The summed E-state index contributed by atoms with van der Waals surface area (Å²) in [4.78, 5) is 28.2. The van der Waals surface area contributed by atoms with Gasteiger partial charge in [-0.05, 0) is 41.1 Å². The maximum atomic E-state index is 14.3. The van der Waals surface area contributed by atoms with E-state index < -0.39 is 6.04 Å². The topological polar surface area (TPSA) is 69.6 Å². The second-order valence-corrected chi connectivity index (χ2v) is 9.78. The van der Waals surface area contributed by atoms with Crippen molar-refractivity contribution >= 4 is 32.6 Å². The maximum Gasteiger partial charge on any atom is 0.268 e. The second kappa shape index (κ2) is 11.0. The van der Waals surface area contributed by atoms with Crippen molar-refractivity contribution in [1.29, 1.82) is 0 Å². The molecule has 5 rings (SSSR count). The molecule has 37 heavy (non-hydrogen) atoms. The molecule has 1 unspecified atom stereocenters. The molecule has 188 valence electrons. The molecule has 1 N–H and O–H groups in total. The van der Waals surface area contributed by atoms with Gasteiger partial charge in [-0.1, -0.05) is 83.5 Å². The van der Waals surface area contributed by atoms with Crippen LogP contribution in [0.15, 0.2) is 100 Å². The molecule has 6 nitrogen and oxygen atoms in total. The van der Waals surface area contributed by atoms with E-state index >= 15 is 0 Å². The third-order valence-corrected chi connectivity index (χ3v) is 6.89. The quantitative estimate of drug-likeness (QED) is 0.279. The van der Waals surface area contributed by atoms with E-state index in [4.69, 9.17) is 9.47 Å². The van der Waals surface area contributed by atoms with Gasteiger partial charge in [-0.3, -0.25) is 14.2 Å². The second-order valence-electron chi connectivity index (χ2n) is 8.87. The Bertz CT molecular complexity index is 1510. The monoisotopic (exact) mass is 558 g/mol. The van der Waals surface area contributed by atoms with Crippen molar-refractivity contribution in [1.82, 2.24) is 9.88 Å². The average Bonchev–Trinajstić information content (AvgIpc) is 3.46. The molecule has 2 heterocycles. The zero-order chi connectivity index (χ0) is 25.8. The lowest BCUT2D eigenvalue weighted by Gasteiger charge is -2.26. The highest BCUT2D eigenvalue weighted by Gasteiger charge is 2.31. The molecule has 1 aromatic heterocycles. The van der Waals surface area contributed by atoms with E-state index in [0.29, 0.717) is 40.8 Å². The largest absolute Gasteiger partial charge is 0.462 e. The molecule has 0 fully saturated rings. The van der Waals surface area contributed by atoms with Crippen molar-refractivity contribution in [3.8, 4) is 11.1 Å². The molecule has 1 atom stereocenters. The number of pyridine rings is 1. The number of rotatable bonds is 8. The number of fused-ring (bicyclic) bond motifs is 1. The first-order chi connectivity index (χ1) is 18.1. The van der Waals surface area contributed by atoms with Crippen LogP contribution in [0.2, 0.25) is 0 Å². The van der Waals surface area contributed by atoms with Gasteiger partial charge in [0.05, 0.1) is 0 Å². The lowest BCUT2D eigenvalue weighted by atomic mass is 9.94. The minimum atomic E-state index is -0.588. The molecule has 1 aliphatic rings. The van der Waals surface area contributed by atoms with Crippen LogP contribution >= 0.6 is 15.9 Å². The Balaban J connectivity index is 1.87. The van der Waals surface area contributed by atoms with Crippen molar-refractivity contribution in [2.45, 2.75) is 25.8 Å². The molecular formula is C30H27BrN2O4. The summed E-state index contributed by atoms with van der Waals surface area (Å²) in [5.41, 5.74) is 2.58. The number of nitrogens with one attached hydrogen (secondary N) is 1. The van der Waals surface area contributed by atoms with Gasteiger partial charge in [0.25, 0.3) is 11.5 Å². The number of allylic oxidation sites excluding steroid dienone is 1. The van der Waals surface area contributed by atoms with E-state index in [9.17, 15) is 9.59 Å². The number of aromatic nitrogens is 1. The molecule has 0 bridgehead atoms. The van der Waals surface area contributed by atoms with Crippen molar-refractivity contribution in [3.05, 3.63) is 117 Å². The summed E-state index contributed by atoms with van der Waals surface area (Å²) in [5, 5.41) is 4.24. The highest BCUT2D eigenvalue weighted by atomic mass is 79.9. The lowest BCUT2D eigenvalue weighted by Crippen LogP contribution is -2.37.